The van der Waals surface area contributed by atoms with E-state index in [2.05, 4.69) is 21.4 Å². The minimum absolute atomic E-state index is 0.00750. The molecule has 0 atom stereocenters. The number of nitrogens with one attached hydrogen (secondary N) is 1. The van der Waals surface area contributed by atoms with Crippen LogP contribution in [0.3, 0.4) is 0 Å². The second kappa shape index (κ2) is 4.69. The number of rotatable bonds is 2. The monoisotopic (exact) mass is 222 g/mol. The molecule has 11 heavy (non-hydrogen) atoms. The molecule has 4 nitrogen and oxygen atoms in total. The fourth-order valence-electron chi connectivity index (χ4n) is 0.881. The normalized spacial score (nSPS) is 19.7. The Morgan fingerprint density at radius 3 is 2.73 bits per heavy atom. The number of hydrazine groups is 1. The Bertz CT molecular complexity index is 137. The van der Waals surface area contributed by atoms with Gasteiger partial charge in [-0.15, -0.1) is 0 Å². The Labute approximate surface area is 74.0 Å². The summed E-state index contributed by atoms with van der Waals surface area (Å²) in [5, 5.41) is 2.22. The fourth-order valence-corrected chi connectivity index (χ4v) is 1.01. The number of morpholine rings is 1. The van der Waals surface area contributed by atoms with E-state index in [1.807, 2.05) is 5.01 Å². The van der Waals surface area contributed by atoms with E-state index >= 15 is 0 Å². The topological polar surface area (TPSA) is 41.6 Å². The Kier molecular flexibility index (Phi) is 3.82. The van der Waals surface area contributed by atoms with Crippen LogP contribution in [0, 0.1) is 0 Å². The third kappa shape index (κ3) is 3.18. The molecule has 0 bridgehead atoms. The molecular formula is C6H11BrN2O2. The first-order chi connectivity index (χ1) is 5.33. The van der Waals surface area contributed by atoms with Crippen LogP contribution < -0.4 is 5.43 Å². The summed E-state index contributed by atoms with van der Waals surface area (Å²) in [6, 6.07) is 0. The van der Waals surface area contributed by atoms with E-state index in [1.54, 1.807) is 0 Å². The first-order valence-electron chi connectivity index (χ1n) is 3.51. The van der Waals surface area contributed by atoms with E-state index in [1.165, 1.54) is 0 Å². The average molecular weight is 223 g/mol. The molecule has 0 saturated carbocycles. The van der Waals surface area contributed by atoms with Gasteiger partial charge in [0.1, 0.15) is 0 Å². The van der Waals surface area contributed by atoms with Crippen molar-refractivity contribution in [3.63, 3.8) is 0 Å². The molecule has 5 heteroatoms. The van der Waals surface area contributed by atoms with Crippen LogP contribution >= 0.6 is 15.9 Å². The quantitative estimate of drug-likeness (QED) is 0.656. The minimum atomic E-state index is -0.00750. The van der Waals surface area contributed by atoms with Gasteiger partial charge in [-0.3, -0.25) is 10.2 Å². The van der Waals surface area contributed by atoms with Gasteiger partial charge in [-0.1, -0.05) is 15.9 Å². The third-order valence-electron chi connectivity index (χ3n) is 1.42. The van der Waals surface area contributed by atoms with Crippen molar-refractivity contribution in [1.29, 1.82) is 0 Å². The van der Waals surface area contributed by atoms with Crippen molar-refractivity contribution < 1.29 is 9.53 Å². The molecule has 1 N–H and O–H groups in total. The zero-order valence-electron chi connectivity index (χ0n) is 6.18. The maximum Gasteiger partial charge on any atom is 0.244 e. The standard InChI is InChI=1S/C6H11BrN2O2/c7-5-6(10)8-9-1-3-11-4-2-9/h1-5H2,(H,8,10). The Morgan fingerprint density at radius 2 is 2.18 bits per heavy atom. The highest BCUT2D eigenvalue weighted by Gasteiger charge is 2.11. The molecule has 0 aromatic heterocycles. The van der Waals surface area contributed by atoms with Crippen molar-refractivity contribution in [2.75, 3.05) is 31.6 Å². The summed E-state index contributed by atoms with van der Waals surface area (Å²) in [6.07, 6.45) is 0. The predicted molar refractivity (Wildman–Crippen MR) is 44.3 cm³/mol. The van der Waals surface area contributed by atoms with E-state index in [-0.39, 0.29) is 5.91 Å². The highest BCUT2D eigenvalue weighted by Crippen LogP contribution is 1.92. The van der Waals surface area contributed by atoms with Crippen LogP contribution in [0.25, 0.3) is 0 Å². The first-order valence-corrected chi connectivity index (χ1v) is 4.63. The van der Waals surface area contributed by atoms with E-state index < -0.39 is 0 Å². The number of carbonyl (C=O) groups is 1. The molecule has 1 rings (SSSR count). The summed E-state index contributed by atoms with van der Waals surface area (Å²) in [4.78, 5) is 10.8. The Morgan fingerprint density at radius 1 is 1.55 bits per heavy atom. The molecule has 1 heterocycles. The van der Waals surface area contributed by atoms with Crippen LogP contribution in [0.5, 0.6) is 0 Å². The van der Waals surface area contributed by atoms with E-state index in [0.717, 1.165) is 13.1 Å². The molecule has 64 valence electrons. The highest BCUT2D eigenvalue weighted by molar-refractivity contribution is 9.09. The van der Waals surface area contributed by atoms with Crippen molar-refractivity contribution in [3.05, 3.63) is 0 Å². The molecule has 0 aliphatic carbocycles. The molecule has 1 aliphatic rings. The lowest BCUT2D eigenvalue weighted by Gasteiger charge is -2.26. The lowest BCUT2D eigenvalue weighted by Crippen LogP contribution is -2.48. The molecule has 1 aliphatic heterocycles. The van der Waals surface area contributed by atoms with Crippen LogP contribution in [0.2, 0.25) is 0 Å². The molecule has 0 aromatic rings. The number of halogens is 1. The number of hydrogen-bond acceptors (Lipinski definition) is 3. The number of hydrogen-bond donors (Lipinski definition) is 1. The van der Waals surface area contributed by atoms with Gasteiger partial charge in [0.2, 0.25) is 5.91 Å². The fraction of sp³-hybridized carbons (Fsp3) is 0.833. The lowest BCUT2D eigenvalue weighted by atomic mass is 10.5. The molecule has 0 unspecified atom stereocenters. The molecule has 0 aromatic carbocycles. The SMILES string of the molecule is O=C(CBr)NN1CCOCC1. The van der Waals surface area contributed by atoms with Crippen molar-refractivity contribution >= 4 is 21.8 Å². The Balaban J connectivity index is 2.19. The van der Waals surface area contributed by atoms with Gasteiger partial charge in [0.05, 0.1) is 18.5 Å². The van der Waals surface area contributed by atoms with Gasteiger partial charge >= 0.3 is 0 Å². The highest BCUT2D eigenvalue weighted by atomic mass is 79.9. The lowest BCUT2D eigenvalue weighted by molar-refractivity contribution is -0.125. The van der Waals surface area contributed by atoms with Crippen molar-refractivity contribution in [1.82, 2.24) is 10.4 Å². The van der Waals surface area contributed by atoms with Crippen LogP contribution in [0.4, 0.5) is 0 Å². The first kappa shape index (κ1) is 8.96. The van der Waals surface area contributed by atoms with Crippen molar-refractivity contribution in [2.24, 2.45) is 0 Å². The van der Waals surface area contributed by atoms with Gasteiger partial charge in [0, 0.05) is 13.1 Å². The van der Waals surface area contributed by atoms with Gasteiger partial charge in [0.25, 0.3) is 0 Å². The maximum atomic E-state index is 10.8. The van der Waals surface area contributed by atoms with Crippen LogP contribution in [0.15, 0.2) is 0 Å². The molecule has 0 spiro atoms. The largest absolute Gasteiger partial charge is 0.379 e. The number of nitrogens with zero attached hydrogens (tertiary/aromatic N) is 1. The smallest absolute Gasteiger partial charge is 0.244 e. The molecule has 1 saturated heterocycles. The summed E-state index contributed by atoms with van der Waals surface area (Å²) in [7, 11) is 0. The average Bonchev–Trinajstić information content (AvgIpc) is 2.06. The zero-order chi connectivity index (χ0) is 8.10. The summed E-state index contributed by atoms with van der Waals surface area (Å²) < 4.78 is 5.11. The summed E-state index contributed by atoms with van der Waals surface area (Å²) >= 11 is 3.07. The molecule has 0 radical (unpaired) electrons. The number of carbonyl (C=O) groups excluding carboxylic acids is 1. The van der Waals surface area contributed by atoms with Gasteiger partial charge in [-0.25, -0.2) is 5.01 Å². The summed E-state index contributed by atoms with van der Waals surface area (Å²) in [6.45, 7) is 2.95. The minimum Gasteiger partial charge on any atom is -0.379 e. The van der Waals surface area contributed by atoms with Crippen molar-refractivity contribution in [3.8, 4) is 0 Å². The second-order valence-electron chi connectivity index (χ2n) is 2.27. The molecule has 1 amide bonds. The predicted octanol–water partition coefficient (Wildman–Crippen LogP) is -0.255. The van der Waals surface area contributed by atoms with Crippen LogP contribution in [0.1, 0.15) is 0 Å². The van der Waals surface area contributed by atoms with Crippen molar-refractivity contribution in [2.45, 2.75) is 0 Å². The maximum absolute atomic E-state index is 10.8. The van der Waals surface area contributed by atoms with E-state index in [4.69, 9.17) is 4.74 Å². The number of ether oxygens (including phenoxy) is 1. The van der Waals surface area contributed by atoms with Gasteiger partial charge in [0.15, 0.2) is 0 Å². The van der Waals surface area contributed by atoms with Gasteiger partial charge in [-0.2, -0.15) is 0 Å². The van der Waals surface area contributed by atoms with E-state index in [0.29, 0.717) is 18.5 Å². The number of amides is 1. The second-order valence-corrected chi connectivity index (χ2v) is 2.83. The van der Waals surface area contributed by atoms with Crippen LogP contribution in [-0.2, 0) is 9.53 Å². The van der Waals surface area contributed by atoms with Gasteiger partial charge in [-0.05, 0) is 0 Å². The Hall–Kier alpha value is -0.130. The van der Waals surface area contributed by atoms with Gasteiger partial charge < -0.3 is 4.74 Å². The molecule has 1 fully saturated rings. The molecular weight excluding hydrogens is 212 g/mol. The van der Waals surface area contributed by atoms with Crippen LogP contribution in [-0.4, -0.2) is 42.5 Å². The zero-order valence-corrected chi connectivity index (χ0v) is 7.76. The summed E-state index contributed by atoms with van der Waals surface area (Å²) in [5.41, 5.74) is 2.74. The third-order valence-corrected chi connectivity index (χ3v) is 1.92. The van der Waals surface area contributed by atoms with E-state index in [9.17, 15) is 4.79 Å². The number of alkyl halides is 1. The summed E-state index contributed by atoms with van der Waals surface area (Å²) in [5.74, 6) is -0.00750.